The van der Waals surface area contributed by atoms with Gasteiger partial charge in [-0.25, -0.2) is 0 Å². The molecule has 1 rings (SSSR count). The molecule has 0 aromatic rings. The fourth-order valence-electron chi connectivity index (χ4n) is 2.85. The smallest absolute Gasteiger partial charge is 0.00104 e. The Balaban J connectivity index is 2.13. The second kappa shape index (κ2) is 6.52. The van der Waals surface area contributed by atoms with Gasteiger partial charge in [0, 0.05) is 6.04 Å². The first kappa shape index (κ1) is 13.0. The van der Waals surface area contributed by atoms with Crippen molar-refractivity contribution in [2.45, 2.75) is 71.8 Å². The third-order valence-electron chi connectivity index (χ3n) is 4.18. The van der Waals surface area contributed by atoms with Gasteiger partial charge in [0.15, 0.2) is 0 Å². The summed E-state index contributed by atoms with van der Waals surface area (Å²) in [6, 6.07) is 0.392. The molecular weight excluding hydrogens is 182 g/mol. The Morgan fingerprint density at radius 2 is 1.67 bits per heavy atom. The van der Waals surface area contributed by atoms with Gasteiger partial charge >= 0.3 is 0 Å². The Labute approximate surface area is 95.8 Å². The normalized spacial score (nSPS) is 31.2. The van der Waals surface area contributed by atoms with E-state index in [-0.39, 0.29) is 0 Å². The van der Waals surface area contributed by atoms with Gasteiger partial charge < -0.3 is 5.73 Å². The zero-order valence-electron chi connectivity index (χ0n) is 10.8. The summed E-state index contributed by atoms with van der Waals surface area (Å²) in [6.07, 6.45) is 9.78. The zero-order chi connectivity index (χ0) is 11.3. The van der Waals surface area contributed by atoms with E-state index in [1.807, 2.05) is 0 Å². The molecule has 1 aliphatic rings. The highest BCUT2D eigenvalue weighted by Crippen LogP contribution is 2.34. The van der Waals surface area contributed by atoms with E-state index in [0.717, 1.165) is 17.8 Å². The lowest BCUT2D eigenvalue weighted by atomic mass is 9.75. The average molecular weight is 211 g/mol. The molecule has 1 saturated carbocycles. The molecule has 1 fully saturated rings. The Bertz CT molecular complexity index is 157. The van der Waals surface area contributed by atoms with Crippen LogP contribution >= 0.6 is 0 Å². The molecule has 0 aliphatic heterocycles. The minimum absolute atomic E-state index is 0.392. The van der Waals surface area contributed by atoms with Crippen LogP contribution in [0.5, 0.6) is 0 Å². The lowest BCUT2D eigenvalue weighted by Crippen LogP contribution is -2.20. The van der Waals surface area contributed by atoms with Crippen LogP contribution in [-0.4, -0.2) is 6.04 Å². The van der Waals surface area contributed by atoms with E-state index < -0.39 is 0 Å². The van der Waals surface area contributed by atoms with Crippen molar-refractivity contribution in [2.75, 3.05) is 0 Å². The van der Waals surface area contributed by atoms with Crippen molar-refractivity contribution in [3.63, 3.8) is 0 Å². The Morgan fingerprint density at radius 3 is 2.20 bits per heavy atom. The summed E-state index contributed by atoms with van der Waals surface area (Å²) in [5.74, 6) is 2.92. The zero-order valence-corrected chi connectivity index (χ0v) is 10.8. The van der Waals surface area contributed by atoms with E-state index in [1.54, 1.807) is 0 Å². The van der Waals surface area contributed by atoms with Crippen molar-refractivity contribution in [1.29, 1.82) is 0 Å². The highest BCUT2D eigenvalue weighted by Gasteiger charge is 2.22. The largest absolute Gasteiger partial charge is 0.328 e. The Morgan fingerprint density at radius 1 is 1.07 bits per heavy atom. The summed E-state index contributed by atoms with van der Waals surface area (Å²) in [7, 11) is 0. The van der Waals surface area contributed by atoms with Gasteiger partial charge in [0.05, 0.1) is 0 Å². The molecule has 0 radical (unpaired) electrons. The third-order valence-corrected chi connectivity index (χ3v) is 4.18. The van der Waals surface area contributed by atoms with Crippen LogP contribution in [0.3, 0.4) is 0 Å². The summed E-state index contributed by atoms with van der Waals surface area (Å²) in [4.78, 5) is 0. The molecule has 2 atom stereocenters. The predicted molar refractivity (Wildman–Crippen MR) is 67.8 cm³/mol. The summed E-state index contributed by atoms with van der Waals surface area (Å²) < 4.78 is 0. The minimum Gasteiger partial charge on any atom is -0.328 e. The maximum Gasteiger partial charge on any atom is 0.00104 e. The number of hydrogen-bond acceptors (Lipinski definition) is 1. The quantitative estimate of drug-likeness (QED) is 0.731. The number of hydrogen-bond donors (Lipinski definition) is 1. The SMILES string of the molecule is CC(N)CCCC(C)C1CCC(C)CC1. The number of rotatable bonds is 5. The molecule has 2 N–H and O–H groups in total. The maximum absolute atomic E-state index is 5.78. The van der Waals surface area contributed by atoms with Crippen molar-refractivity contribution in [2.24, 2.45) is 23.5 Å². The van der Waals surface area contributed by atoms with E-state index in [2.05, 4.69) is 20.8 Å². The molecule has 15 heavy (non-hydrogen) atoms. The molecule has 2 unspecified atom stereocenters. The van der Waals surface area contributed by atoms with Crippen molar-refractivity contribution in [3.05, 3.63) is 0 Å². The maximum atomic E-state index is 5.78. The fourth-order valence-corrected chi connectivity index (χ4v) is 2.85. The lowest BCUT2D eigenvalue weighted by Gasteiger charge is -2.30. The fraction of sp³-hybridized carbons (Fsp3) is 1.00. The van der Waals surface area contributed by atoms with Crippen LogP contribution < -0.4 is 5.73 Å². The first-order chi connectivity index (χ1) is 7.09. The minimum atomic E-state index is 0.392. The van der Waals surface area contributed by atoms with Gasteiger partial charge in [0.1, 0.15) is 0 Å². The van der Waals surface area contributed by atoms with Gasteiger partial charge in [0.25, 0.3) is 0 Å². The van der Waals surface area contributed by atoms with Gasteiger partial charge in [-0.15, -0.1) is 0 Å². The standard InChI is InChI=1S/C14H29N/c1-11-7-9-14(10-8-11)12(2)5-4-6-13(3)15/h11-14H,4-10,15H2,1-3H3. The van der Waals surface area contributed by atoms with E-state index in [4.69, 9.17) is 5.73 Å². The van der Waals surface area contributed by atoms with Crippen LogP contribution in [0.4, 0.5) is 0 Å². The van der Waals surface area contributed by atoms with Crippen LogP contribution in [0.2, 0.25) is 0 Å². The van der Waals surface area contributed by atoms with Gasteiger partial charge in [-0.05, 0) is 43.9 Å². The van der Waals surface area contributed by atoms with Crippen molar-refractivity contribution in [1.82, 2.24) is 0 Å². The number of nitrogens with two attached hydrogens (primary N) is 1. The second-order valence-corrected chi connectivity index (χ2v) is 5.91. The molecule has 90 valence electrons. The van der Waals surface area contributed by atoms with Crippen LogP contribution in [0.25, 0.3) is 0 Å². The molecule has 1 heteroatoms. The average Bonchev–Trinajstić information content (AvgIpc) is 2.18. The predicted octanol–water partition coefficient (Wildman–Crippen LogP) is 3.97. The molecule has 1 aliphatic carbocycles. The highest BCUT2D eigenvalue weighted by molar-refractivity contribution is 4.74. The molecule has 0 spiro atoms. The molecule has 0 aromatic heterocycles. The lowest BCUT2D eigenvalue weighted by molar-refractivity contribution is 0.212. The van der Waals surface area contributed by atoms with E-state index in [9.17, 15) is 0 Å². The van der Waals surface area contributed by atoms with E-state index in [1.165, 1.54) is 44.9 Å². The van der Waals surface area contributed by atoms with Crippen molar-refractivity contribution >= 4 is 0 Å². The van der Waals surface area contributed by atoms with E-state index >= 15 is 0 Å². The Hall–Kier alpha value is -0.0400. The van der Waals surface area contributed by atoms with Crippen LogP contribution in [-0.2, 0) is 0 Å². The molecular formula is C14H29N. The van der Waals surface area contributed by atoms with E-state index in [0.29, 0.717) is 6.04 Å². The van der Waals surface area contributed by atoms with Gasteiger partial charge in [0.2, 0.25) is 0 Å². The van der Waals surface area contributed by atoms with Crippen LogP contribution in [0.15, 0.2) is 0 Å². The molecule has 0 aromatic carbocycles. The molecule has 0 saturated heterocycles. The monoisotopic (exact) mass is 211 g/mol. The second-order valence-electron chi connectivity index (χ2n) is 5.91. The summed E-state index contributed by atoms with van der Waals surface area (Å²) in [5.41, 5.74) is 5.78. The first-order valence-electron chi connectivity index (χ1n) is 6.85. The highest BCUT2D eigenvalue weighted by atomic mass is 14.6. The van der Waals surface area contributed by atoms with Gasteiger partial charge in [-0.1, -0.05) is 39.5 Å². The molecule has 1 nitrogen and oxygen atoms in total. The third kappa shape index (κ3) is 5.01. The van der Waals surface area contributed by atoms with Gasteiger partial charge in [-0.2, -0.15) is 0 Å². The summed E-state index contributed by atoms with van der Waals surface area (Å²) in [5, 5.41) is 0. The topological polar surface area (TPSA) is 26.0 Å². The first-order valence-corrected chi connectivity index (χ1v) is 6.85. The van der Waals surface area contributed by atoms with Crippen LogP contribution in [0, 0.1) is 17.8 Å². The molecule has 0 bridgehead atoms. The molecule has 0 amide bonds. The Kier molecular flexibility index (Phi) is 5.66. The van der Waals surface area contributed by atoms with Crippen LogP contribution in [0.1, 0.15) is 65.7 Å². The van der Waals surface area contributed by atoms with Crippen molar-refractivity contribution < 1.29 is 0 Å². The van der Waals surface area contributed by atoms with Crippen molar-refractivity contribution in [3.8, 4) is 0 Å². The van der Waals surface area contributed by atoms with Gasteiger partial charge in [-0.3, -0.25) is 0 Å². The summed E-state index contributed by atoms with van der Waals surface area (Å²) in [6.45, 7) is 6.96. The summed E-state index contributed by atoms with van der Waals surface area (Å²) >= 11 is 0. The molecule has 0 heterocycles.